The van der Waals surface area contributed by atoms with Crippen molar-refractivity contribution in [1.29, 1.82) is 0 Å². The summed E-state index contributed by atoms with van der Waals surface area (Å²) in [5, 5.41) is 8.72. The van der Waals surface area contributed by atoms with Crippen LogP contribution in [0.2, 0.25) is 0 Å². The number of hydrogen-bond acceptors (Lipinski definition) is 4. The highest BCUT2D eigenvalue weighted by molar-refractivity contribution is 7.97. The second-order valence-corrected chi connectivity index (χ2v) is 4.79. The van der Waals surface area contributed by atoms with E-state index in [1.807, 2.05) is 24.3 Å². The molecule has 1 aromatic carbocycles. The highest BCUT2D eigenvalue weighted by Crippen LogP contribution is 2.20. The molecule has 5 heteroatoms. The summed E-state index contributed by atoms with van der Waals surface area (Å²) in [6, 6.07) is 10.9. The van der Waals surface area contributed by atoms with Crippen molar-refractivity contribution >= 4 is 23.4 Å². The van der Waals surface area contributed by atoms with Gasteiger partial charge in [0.1, 0.15) is 5.76 Å². The molecule has 0 amide bonds. The standard InChI is InChI=1S/C13H13NO3S/c14-10-3-1-9(2-4-10)7-18-8-11-5-6-12(17-11)13(15)16/h1-6H,7-8,14H2,(H,15,16). The van der Waals surface area contributed by atoms with Crippen LogP contribution < -0.4 is 5.73 Å². The first-order valence-corrected chi connectivity index (χ1v) is 6.55. The Labute approximate surface area is 109 Å². The van der Waals surface area contributed by atoms with Crippen molar-refractivity contribution in [1.82, 2.24) is 0 Å². The second-order valence-electron chi connectivity index (χ2n) is 3.81. The Kier molecular flexibility index (Phi) is 3.94. The maximum Gasteiger partial charge on any atom is 0.371 e. The van der Waals surface area contributed by atoms with E-state index < -0.39 is 5.97 Å². The summed E-state index contributed by atoms with van der Waals surface area (Å²) in [5.41, 5.74) is 7.53. The van der Waals surface area contributed by atoms with E-state index in [9.17, 15) is 4.79 Å². The van der Waals surface area contributed by atoms with Gasteiger partial charge in [0, 0.05) is 11.4 Å². The normalized spacial score (nSPS) is 10.4. The summed E-state index contributed by atoms with van der Waals surface area (Å²) in [6.07, 6.45) is 0. The first-order valence-electron chi connectivity index (χ1n) is 5.39. The molecule has 1 aromatic heterocycles. The molecule has 0 fully saturated rings. The highest BCUT2D eigenvalue weighted by atomic mass is 32.2. The van der Waals surface area contributed by atoms with E-state index >= 15 is 0 Å². The Bertz CT molecular complexity index is 533. The van der Waals surface area contributed by atoms with Crippen molar-refractivity contribution < 1.29 is 14.3 Å². The predicted octanol–water partition coefficient (Wildman–Crippen LogP) is 2.99. The van der Waals surface area contributed by atoms with Gasteiger partial charge in [0.25, 0.3) is 0 Å². The molecule has 0 radical (unpaired) electrons. The molecule has 2 aromatic rings. The molecule has 0 saturated heterocycles. The monoisotopic (exact) mass is 263 g/mol. The van der Waals surface area contributed by atoms with Crippen LogP contribution >= 0.6 is 11.8 Å². The zero-order valence-corrected chi connectivity index (χ0v) is 10.4. The zero-order chi connectivity index (χ0) is 13.0. The minimum Gasteiger partial charge on any atom is -0.475 e. The minimum atomic E-state index is -1.04. The highest BCUT2D eigenvalue weighted by Gasteiger charge is 2.08. The van der Waals surface area contributed by atoms with Crippen LogP contribution in [0.5, 0.6) is 0 Å². The van der Waals surface area contributed by atoms with Gasteiger partial charge in [0.15, 0.2) is 0 Å². The number of furan rings is 1. The first kappa shape index (κ1) is 12.6. The molecule has 0 aliphatic carbocycles. The molecular weight excluding hydrogens is 250 g/mol. The summed E-state index contributed by atoms with van der Waals surface area (Å²) in [6.45, 7) is 0. The van der Waals surface area contributed by atoms with Gasteiger partial charge in [-0.2, -0.15) is 0 Å². The van der Waals surface area contributed by atoms with Gasteiger partial charge < -0.3 is 15.3 Å². The topological polar surface area (TPSA) is 76.5 Å². The van der Waals surface area contributed by atoms with Crippen molar-refractivity contribution in [3.8, 4) is 0 Å². The fraction of sp³-hybridized carbons (Fsp3) is 0.154. The van der Waals surface area contributed by atoms with Crippen LogP contribution in [0.15, 0.2) is 40.8 Å². The number of thioether (sulfide) groups is 1. The van der Waals surface area contributed by atoms with Crippen molar-refractivity contribution in [2.45, 2.75) is 11.5 Å². The minimum absolute atomic E-state index is 0.0157. The molecule has 2 rings (SSSR count). The van der Waals surface area contributed by atoms with Crippen LogP contribution in [0.4, 0.5) is 5.69 Å². The number of aromatic carboxylic acids is 1. The smallest absolute Gasteiger partial charge is 0.371 e. The van der Waals surface area contributed by atoms with Gasteiger partial charge in [0.05, 0.1) is 5.75 Å². The molecule has 0 unspecified atom stereocenters. The molecule has 0 aliphatic heterocycles. The molecule has 0 bridgehead atoms. The first-order chi connectivity index (χ1) is 8.65. The number of nitrogens with two attached hydrogens (primary N) is 1. The molecular formula is C13H13NO3S. The lowest BCUT2D eigenvalue weighted by molar-refractivity contribution is 0.0661. The van der Waals surface area contributed by atoms with E-state index in [1.54, 1.807) is 17.8 Å². The van der Waals surface area contributed by atoms with Crippen LogP contribution in [0, 0.1) is 0 Å². The van der Waals surface area contributed by atoms with Crippen LogP contribution in [0.1, 0.15) is 21.9 Å². The van der Waals surface area contributed by atoms with Gasteiger partial charge in [-0.1, -0.05) is 12.1 Å². The Balaban J connectivity index is 1.84. The molecule has 0 atom stereocenters. The SMILES string of the molecule is Nc1ccc(CSCc2ccc(C(=O)O)o2)cc1. The lowest BCUT2D eigenvalue weighted by Crippen LogP contribution is -1.91. The van der Waals surface area contributed by atoms with Crippen LogP contribution in [0.25, 0.3) is 0 Å². The summed E-state index contributed by atoms with van der Waals surface area (Å²) in [7, 11) is 0. The second kappa shape index (κ2) is 5.64. The Morgan fingerprint density at radius 3 is 2.50 bits per heavy atom. The number of benzene rings is 1. The Hall–Kier alpha value is -1.88. The molecule has 0 aliphatic rings. The summed E-state index contributed by atoms with van der Waals surface area (Å²) < 4.78 is 5.16. The van der Waals surface area contributed by atoms with E-state index in [1.165, 1.54) is 11.6 Å². The van der Waals surface area contributed by atoms with E-state index in [0.29, 0.717) is 11.5 Å². The van der Waals surface area contributed by atoms with Gasteiger partial charge in [0.2, 0.25) is 5.76 Å². The van der Waals surface area contributed by atoms with Crippen LogP contribution in [0.3, 0.4) is 0 Å². The van der Waals surface area contributed by atoms with Gasteiger partial charge >= 0.3 is 5.97 Å². The van der Waals surface area contributed by atoms with Gasteiger partial charge in [-0.15, -0.1) is 11.8 Å². The number of anilines is 1. The van der Waals surface area contributed by atoms with Crippen molar-refractivity contribution in [2.24, 2.45) is 0 Å². The summed E-state index contributed by atoms with van der Waals surface area (Å²) in [4.78, 5) is 10.6. The molecule has 0 saturated carbocycles. The molecule has 3 N–H and O–H groups in total. The van der Waals surface area contributed by atoms with Crippen LogP contribution in [-0.2, 0) is 11.5 Å². The molecule has 1 heterocycles. The number of carboxylic acids is 1. The van der Waals surface area contributed by atoms with Gasteiger partial charge in [-0.05, 0) is 29.8 Å². The average molecular weight is 263 g/mol. The van der Waals surface area contributed by atoms with Crippen molar-refractivity contribution in [2.75, 3.05) is 5.73 Å². The summed E-state index contributed by atoms with van der Waals surface area (Å²) >= 11 is 1.66. The van der Waals surface area contributed by atoms with E-state index in [0.717, 1.165) is 11.4 Å². The van der Waals surface area contributed by atoms with Crippen molar-refractivity contribution in [3.63, 3.8) is 0 Å². The number of hydrogen-bond donors (Lipinski definition) is 2. The Morgan fingerprint density at radius 2 is 1.89 bits per heavy atom. The Morgan fingerprint density at radius 1 is 1.17 bits per heavy atom. The molecule has 18 heavy (non-hydrogen) atoms. The van der Waals surface area contributed by atoms with Crippen LogP contribution in [-0.4, -0.2) is 11.1 Å². The van der Waals surface area contributed by atoms with Gasteiger partial charge in [-0.25, -0.2) is 4.79 Å². The van der Waals surface area contributed by atoms with E-state index in [4.69, 9.17) is 15.3 Å². The maximum atomic E-state index is 10.6. The fourth-order valence-corrected chi connectivity index (χ4v) is 2.34. The predicted molar refractivity (Wildman–Crippen MR) is 71.5 cm³/mol. The van der Waals surface area contributed by atoms with E-state index in [2.05, 4.69) is 0 Å². The van der Waals surface area contributed by atoms with E-state index in [-0.39, 0.29) is 5.76 Å². The average Bonchev–Trinajstić information content (AvgIpc) is 2.81. The van der Waals surface area contributed by atoms with Gasteiger partial charge in [-0.3, -0.25) is 0 Å². The zero-order valence-electron chi connectivity index (χ0n) is 9.63. The third kappa shape index (κ3) is 3.30. The quantitative estimate of drug-likeness (QED) is 0.811. The molecule has 94 valence electrons. The third-order valence-corrected chi connectivity index (χ3v) is 3.39. The maximum absolute atomic E-state index is 10.6. The lowest BCUT2D eigenvalue weighted by Gasteiger charge is -2.01. The number of nitrogen functional groups attached to an aromatic ring is 1. The fourth-order valence-electron chi connectivity index (χ4n) is 1.45. The van der Waals surface area contributed by atoms with Crippen molar-refractivity contribution in [3.05, 3.63) is 53.5 Å². The number of rotatable bonds is 5. The third-order valence-electron chi connectivity index (χ3n) is 2.37. The molecule has 4 nitrogen and oxygen atoms in total. The lowest BCUT2D eigenvalue weighted by atomic mass is 10.2. The largest absolute Gasteiger partial charge is 0.475 e. The number of carboxylic acid groups (broad SMARTS) is 1. The summed E-state index contributed by atoms with van der Waals surface area (Å²) in [5.74, 6) is 1.11. The number of carbonyl (C=O) groups is 1. The molecule has 0 spiro atoms.